The Kier molecular flexibility index (Phi) is 4.07. The lowest BCUT2D eigenvalue weighted by Crippen LogP contribution is -2.52. The van der Waals surface area contributed by atoms with E-state index >= 15 is 0 Å². The maximum absolute atomic E-state index is 10.2. The Bertz CT molecular complexity index is 734. The molecule has 0 aromatic heterocycles. The highest BCUT2D eigenvalue weighted by atomic mass is 16.5. The van der Waals surface area contributed by atoms with Crippen molar-refractivity contribution >= 4 is 0 Å². The molecule has 162 valence electrons. The number of hydrogen-bond donors (Lipinski definition) is 2. The third kappa shape index (κ3) is 2.42. The molecule has 1 spiro atoms. The van der Waals surface area contributed by atoms with Gasteiger partial charge in [0.05, 0.1) is 12.2 Å². The Labute approximate surface area is 177 Å². The van der Waals surface area contributed by atoms with Crippen molar-refractivity contribution < 1.29 is 9.84 Å². The summed E-state index contributed by atoms with van der Waals surface area (Å²) in [4.78, 5) is 0. The van der Waals surface area contributed by atoms with Crippen molar-refractivity contribution in [3.8, 4) is 0 Å². The predicted octanol–water partition coefficient (Wildman–Crippen LogP) is 4.90. The van der Waals surface area contributed by atoms with E-state index in [0.717, 1.165) is 49.0 Å². The molecule has 3 nitrogen and oxygen atoms in total. The van der Waals surface area contributed by atoms with E-state index < -0.39 is 0 Å². The first kappa shape index (κ1) is 19.3. The second-order valence-corrected chi connectivity index (χ2v) is 12.5. The van der Waals surface area contributed by atoms with Gasteiger partial charge in [0.2, 0.25) is 0 Å². The van der Waals surface area contributed by atoms with Gasteiger partial charge in [-0.15, -0.1) is 0 Å². The summed E-state index contributed by atoms with van der Waals surface area (Å²) in [6.07, 6.45) is 12.5. The molecule has 2 unspecified atom stereocenters. The Hall–Kier alpha value is -0.380. The third-order valence-corrected chi connectivity index (χ3v) is 11.2. The Balaban J connectivity index is 1.30. The van der Waals surface area contributed by atoms with Gasteiger partial charge < -0.3 is 9.84 Å². The quantitative estimate of drug-likeness (QED) is 0.570. The Morgan fingerprint density at radius 2 is 1.97 bits per heavy atom. The van der Waals surface area contributed by atoms with E-state index in [0.29, 0.717) is 22.9 Å². The van der Waals surface area contributed by atoms with Gasteiger partial charge in [-0.3, -0.25) is 5.32 Å². The first-order valence-electron chi connectivity index (χ1n) is 12.6. The van der Waals surface area contributed by atoms with Gasteiger partial charge in [-0.05, 0) is 91.8 Å². The lowest BCUT2D eigenvalue weighted by atomic mass is 9.47. The Morgan fingerprint density at radius 3 is 2.72 bits per heavy atom. The minimum Gasteiger partial charge on any atom is -0.393 e. The maximum Gasteiger partial charge on any atom is 0.122 e. The first-order valence-corrected chi connectivity index (χ1v) is 12.6. The SMILES string of the molecule is CC1CNC2(C1)O[C@H]1C[C@H]3[C@@H]4CC=C5C[C@@H](O)CC[C@]5(C)[C@H]4CC[C@]3(C)[C@H]1[C@@H]2C. The standard InChI is InChI=1S/C26H41NO2/c1-15-13-26(27-14-15)16(2)23-22(29-26)12-21-19-6-5-17-11-18(28)7-9-24(17,3)20(19)8-10-25(21,23)4/h5,15-16,18-23,27-28H,6-14H2,1-4H3/t15?,16-,18-,19+,20-,21-,22-,23-,24-,25-,26?/m0/s1. The highest BCUT2D eigenvalue weighted by molar-refractivity contribution is 5.26. The number of ether oxygens (including phenoxy) is 1. The van der Waals surface area contributed by atoms with Crippen LogP contribution in [0.5, 0.6) is 0 Å². The first-order chi connectivity index (χ1) is 13.8. The summed E-state index contributed by atoms with van der Waals surface area (Å²) in [6, 6.07) is 0. The number of allylic oxidation sites excluding steroid dienone is 1. The van der Waals surface area contributed by atoms with Crippen LogP contribution in [0, 0.1) is 46.3 Å². The molecule has 0 bridgehead atoms. The summed E-state index contributed by atoms with van der Waals surface area (Å²) in [5.41, 5.74) is 2.34. The smallest absolute Gasteiger partial charge is 0.122 e. The molecule has 2 saturated heterocycles. The molecule has 6 rings (SSSR count). The molecule has 4 aliphatic carbocycles. The number of rotatable bonds is 0. The van der Waals surface area contributed by atoms with Gasteiger partial charge in [-0.25, -0.2) is 0 Å². The lowest BCUT2D eigenvalue weighted by Gasteiger charge is -2.58. The maximum atomic E-state index is 10.2. The lowest BCUT2D eigenvalue weighted by molar-refractivity contribution is -0.0900. The zero-order valence-electron chi connectivity index (χ0n) is 18.9. The summed E-state index contributed by atoms with van der Waals surface area (Å²) >= 11 is 0. The molecule has 0 aromatic carbocycles. The van der Waals surface area contributed by atoms with Crippen molar-refractivity contribution in [3.05, 3.63) is 11.6 Å². The van der Waals surface area contributed by atoms with E-state index in [1.807, 2.05) is 0 Å². The molecule has 11 atom stereocenters. The largest absolute Gasteiger partial charge is 0.393 e. The number of nitrogens with one attached hydrogen (secondary N) is 1. The number of hydrogen-bond acceptors (Lipinski definition) is 3. The normalized spacial score (nSPS) is 61.1. The molecule has 2 N–H and O–H groups in total. The van der Waals surface area contributed by atoms with E-state index in [4.69, 9.17) is 4.74 Å². The molecule has 0 aromatic rings. The van der Waals surface area contributed by atoms with Crippen LogP contribution in [0.25, 0.3) is 0 Å². The summed E-state index contributed by atoms with van der Waals surface area (Å²) in [5, 5.41) is 14.1. The monoisotopic (exact) mass is 399 g/mol. The molecule has 3 saturated carbocycles. The van der Waals surface area contributed by atoms with E-state index in [9.17, 15) is 5.11 Å². The predicted molar refractivity (Wildman–Crippen MR) is 115 cm³/mol. The molecule has 2 aliphatic heterocycles. The van der Waals surface area contributed by atoms with Crippen LogP contribution in [0.2, 0.25) is 0 Å². The van der Waals surface area contributed by atoms with Crippen molar-refractivity contribution in [2.75, 3.05) is 6.54 Å². The van der Waals surface area contributed by atoms with E-state index in [-0.39, 0.29) is 11.8 Å². The average molecular weight is 400 g/mol. The third-order valence-electron chi connectivity index (χ3n) is 11.2. The van der Waals surface area contributed by atoms with Crippen LogP contribution in [0.3, 0.4) is 0 Å². The van der Waals surface area contributed by atoms with Crippen LogP contribution in [0.4, 0.5) is 0 Å². The fourth-order valence-electron chi connectivity index (χ4n) is 9.80. The zero-order chi connectivity index (χ0) is 20.2. The zero-order valence-corrected chi connectivity index (χ0v) is 18.9. The summed E-state index contributed by atoms with van der Waals surface area (Å²) in [5.74, 6) is 4.54. The number of aliphatic hydroxyl groups excluding tert-OH is 1. The number of aliphatic hydroxyl groups is 1. The minimum atomic E-state index is -0.0997. The van der Waals surface area contributed by atoms with Crippen molar-refractivity contribution in [3.63, 3.8) is 0 Å². The molecular weight excluding hydrogens is 358 g/mol. The van der Waals surface area contributed by atoms with Crippen LogP contribution in [-0.4, -0.2) is 29.6 Å². The fraction of sp³-hybridized carbons (Fsp3) is 0.923. The molecule has 0 radical (unpaired) electrons. The molecule has 5 fully saturated rings. The van der Waals surface area contributed by atoms with Gasteiger partial charge in [0.1, 0.15) is 5.72 Å². The minimum absolute atomic E-state index is 0.0370. The van der Waals surface area contributed by atoms with Crippen LogP contribution < -0.4 is 5.32 Å². The Morgan fingerprint density at radius 1 is 1.14 bits per heavy atom. The summed E-state index contributed by atoms with van der Waals surface area (Å²) in [7, 11) is 0. The molecule has 0 amide bonds. The molecule has 6 aliphatic rings. The van der Waals surface area contributed by atoms with Gasteiger partial charge in [-0.1, -0.05) is 39.3 Å². The van der Waals surface area contributed by atoms with Gasteiger partial charge in [0, 0.05) is 12.5 Å². The van der Waals surface area contributed by atoms with Crippen molar-refractivity contribution in [2.24, 2.45) is 46.3 Å². The van der Waals surface area contributed by atoms with Crippen LogP contribution >= 0.6 is 0 Å². The highest BCUT2D eigenvalue weighted by Gasteiger charge is 2.68. The van der Waals surface area contributed by atoms with Gasteiger partial charge in [0.25, 0.3) is 0 Å². The van der Waals surface area contributed by atoms with Crippen molar-refractivity contribution in [1.29, 1.82) is 0 Å². The summed E-state index contributed by atoms with van der Waals surface area (Å²) in [6.45, 7) is 11.2. The second-order valence-electron chi connectivity index (χ2n) is 12.5. The molecule has 2 heterocycles. The second kappa shape index (κ2) is 6.11. The van der Waals surface area contributed by atoms with E-state index in [1.54, 1.807) is 5.57 Å². The van der Waals surface area contributed by atoms with E-state index in [1.165, 1.54) is 38.5 Å². The number of fused-ring (bicyclic) bond motifs is 7. The van der Waals surface area contributed by atoms with E-state index in [2.05, 4.69) is 39.1 Å². The topological polar surface area (TPSA) is 41.5 Å². The van der Waals surface area contributed by atoms with Crippen molar-refractivity contribution in [2.45, 2.75) is 97.0 Å². The molecular formula is C26H41NO2. The molecule has 29 heavy (non-hydrogen) atoms. The van der Waals surface area contributed by atoms with Gasteiger partial charge in [-0.2, -0.15) is 0 Å². The average Bonchev–Trinajstić information content (AvgIpc) is 3.28. The van der Waals surface area contributed by atoms with Crippen LogP contribution in [0.1, 0.15) is 79.1 Å². The highest BCUT2D eigenvalue weighted by Crippen LogP contribution is 2.70. The fourth-order valence-corrected chi connectivity index (χ4v) is 9.80. The molecule has 3 heteroatoms. The van der Waals surface area contributed by atoms with Crippen molar-refractivity contribution in [1.82, 2.24) is 5.32 Å². The summed E-state index contributed by atoms with van der Waals surface area (Å²) < 4.78 is 6.94. The van der Waals surface area contributed by atoms with Gasteiger partial charge >= 0.3 is 0 Å². The van der Waals surface area contributed by atoms with Gasteiger partial charge in [0.15, 0.2) is 0 Å². The van der Waals surface area contributed by atoms with Crippen LogP contribution in [0.15, 0.2) is 11.6 Å². The van der Waals surface area contributed by atoms with Crippen LogP contribution in [-0.2, 0) is 4.74 Å².